The minimum atomic E-state index is -3.61. The maximum absolute atomic E-state index is 12.3. The van der Waals surface area contributed by atoms with E-state index in [1.807, 2.05) is 6.92 Å². The van der Waals surface area contributed by atoms with E-state index in [0.29, 0.717) is 18.4 Å². The molecule has 0 atom stereocenters. The molecule has 0 aliphatic rings. The fraction of sp³-hybridized carbons (Fsp3) is 0.333. The molecule has 0 aliphatic carbocycles. The second-order valence-electron chi connectivity index (χ2n) is 4.82. The van der Waals surface area contributed by atoms with Crippen LogP contribution in [0.3, 0.4) is 0 Å². The van der Waals surface area contributed by atoms with Gasteiger partial charge in [0.25, 0.3) is 0 Å². The van der Waals surface area contributed by atoms with Crippen molar-refractivity contribution >= 4 is 27.1 Å². The Hall–Kier alpha value is -1.57. The Balaban J connectivity index is 2.05. The third kappa shape index (κ3) is 4.22. The largest absolute Gasteiger partial charge is 0.294 e. The number of rotatable bonds is 7. The molecule has 118 valence electrons. The van der Waals surface area contributed by atoms with Gasteiger partial charge in [0, 0.05) is 36.0 Å². The number of nitrogens with zero attached hydrogens (tertiary/aromatic N) is 1. The maximum Gasteiger partial charge on any atom is 0.240 e. The summed E-state index contributed by atoms with van der Waals surface area (Å²) in [4.78, 5) is 17.1. The molecule has 1 N–H and O–H groups in total. The molecule has 0 radical (unpaired) electrons. The fourth-order valence-electron chi connectivity index (χ4n) is 1.93. The minimum Gasteiger partial charge on any atom is -0.294 e. The van der Waals surface area contributed by atoms with Gasteiger partial charge >= 0.3 is 0 Å². The van der Waals surface area contributed by atoms with E-state index in [0.717, 1.165) is 9.88 Å². The zero-order valence-corrected chi connectivity index (χ0v) is 14.1. The number of ketones is 1. The van der Waals surface area contributed by atoms with Crippen LogP contribution >= 0.6 is 11.3 Å². The van der Waals surface area contributed by atoms with Crippen molar-refractivity contribution in [1.82, 2.24) is 9.71 Å². The second kappa shape index (κ2) is 7.13. The molecule has 0 amide bonds. The fourth-order valence-corrected chi connectivity index (χ4v) is 3.80. The predicted octanol–water partition coefficient (Wildman–Crippen LogP) is 2.57. The van der Waals surface area contributed by atoms with Gasteiger partial charge < -0.3 is 0 Å². The van der Waals surface area contributed by atoms with E-state index in [2.05, 4.69) is 9.71 Å². The van der Waals surface area contributed by atoms with Gasteiger partial charge in [-0.05, 0) is 19.1 Å². The Bertz CT molecular complexity index is 767. The number of aryl methyl sites for hydroxylation is 1. The molecule has 0 saturated heterocycles. The van der Waals surface area contributed by atoms with Crippen molar-refractivity contribution < 1.29 is 13.2 Å². The lowest BCUT2D eigenvalue weighted by Crippen LogP contribution is -2.26. The first kappa shape index (κ1) is 16.8. The number of nitrogens with one attached hydrogen (secondary N) is 1. The lowest BCUT2D eigenvalue weighted by Gasteiger charge is -2.07. The summed E-state index contributed by atoms with van der Waals surface area (Å²) in [7, 11) is -3.61. The van der Waals surface area contributed by atoms with E-state index in [-0.39, 0.29) is 17.2 Å². The van der Waals surface area contributed by atoms with Gasteiger partial charge in [0.15, 0.2) is 5.78 Å². The van der Waals surface area contributed by atoms with Gasteiger partial charge in [-0.2, -0.15) is 0 Å². The Morgan fingerprint density at radius 2 is 2.14 bits per heavy atom. The van der Waals surface area contributed by atoms with Gasteiger partial charge in [0.05, 0.1) is 9.90 Å². The summed E-state index contributed by atoms with van der Waals surface area (Å²) in [5, 5.41) is 0.898. The number of carbonyl (C=O) groups is 1. The summed E-state index contributed by atoms with van der Waals surface area (Å²) in [5.41, 5.74) is 0.418. The van der Waals surface area contributed by atoms with E-state index in [9.17, 15) is 13.2 Å². The Morgan fingerprint density at radius 1 is 1.36 bits per heavy atom. The normalized spacial score (nSPS) is 11.5. The highest BCUT2D eigenvalue weighted by atomic mass is 32.2. The number of hydrogen-bond acceptors (Lipinski definition) is 5. The van der Waals surface area contributed by atoms with Crippen LogP contribution in [0.15, 0.2) is 35.4 Å². The van der Waals surface area contributed by atoms with Crippen molar-refractivity contribution in [2.75, 3.05) is 6.54 Å². The molecule has 0 unspecified atom stereocenters. The van der Waals surface area contributed by atoms with Crippen LogP contribution < -0.4 is 4.72 Å². The van der Waals surface area contributed by atoms with Crippen LogP contribution in [0.4, 0.5) is 0 Å². The molecule has 0 spiro atoms. The Kier molecular flexibility index (Phi) is 5.44. The van der Waals surface area contributed by atoms with Crippen LogP contribution in [0.25, 0.3) is 0 Å². The number of Topliss-reactive ketones (excluding diaryl/α,β-unsaturated/α-hetero) is 1. The van der Waals surface area contributed by atoms with Gasteiger partial charge in [-0.15, -0.1) is 11.3 Å². The summed E-state index contributed by atoms with van der Waals surface area (Å²) in [6.07, 6.45) is 2.67. The minimum absolute atomic E-state index is 0.0738. The van der Waals surface area contributed by atoms with Crippen molar-refractivity contribution in [3.05, 3.63) is 45.9 Å². The molecular formula is C15H18N2O3S2. The highest BCUT2D eigenvalue weighted by Crippen LogP contribution is 2.14. The molecule has 1 aromatic carbocycles. The maximum atomic E-state index is 12.3. The van der Waals surface area contributed by atoms with Gasteiger partial charge in [-0.3, -0.25) is 4.79 Å². The average molecular weight is 338 g/mol. The third-order valence-corrected chi connectivity index (χ3v) is 5.52. The molecule has 2 rings (SSSR count). The predicted molar refractivity (Wildman–Crippen MR) is 86.8 cm³/mol. The van der Waals surface area contributed by atoms with Crippen molar-refractivity contribution in [1.29, 1.82) is 0 Å². The first-order valence-electron chi connectivity index (χ1n) is 6.96. The van der Waals surface area contributed by atoms with Crippen molar-refractivity contribution in [3.8, 4) is 0 Å². The lowest BCUT2D eigenvalue weighted by atomic mass is 10.1. The average Bonchev–Trinajstić information content (AvgIpc) is 2.92. The quantitative estimate of drug-likeness (QED) is 0.787. The first-order chi connectivity index (χ1) is 10.4. The monoisotopic (exact) mass is 338 g/mol. The smallest absolute Gasteiger partial charge is 0.240 e. The van der Waals surface area contributed by atoms with Gasteiger partial charge in [0.1, 0.15) is 0 Å². The molecule has 2 aromatic rings. The molecule has 0 bridgehead atoms. The van der Waals surface area contributed by atoms with E-state index >= 15 is 0 Å². The van der Waals surface area contributed by atoms with Gasteiger partial charge in [-0.1, -0.05) is 19.1 Å². The highest BCUT2D eigenvalue weighted by Gasteiger charge is 2.15. The highest BCUT2D eigenvalue weighted by molar-refractivity contribution is 7.89. The van der Waals surface area contributed by atoms with E-state index in [4.69, 9.17) is 0 Å². The molecule has 5 nitrogen and oxygen atoms in total. The molecule has 0 fully saturated rings. The van der Waals surface area contributed by atoms with Crippen molar-refractivity contribution in [3.63, 3.8) is 0 Å². The van der Waals surface area contributed by atoms with E-state index in [1.165, 1.54) is 12.1 Å². The van der Waals surface area contributed by atoms with Crippen LogP contribution in [0.5, 0.6) is 0 Å². The number of thiazole rings is 1. The topological polar surface area (TPSA) is 76.1 Å². The van der Waals surface area contributed by atoms with Crippen LogP contribution in [0.1, 0.15) is 33.6 Å². The van der Waals surface area contributed by atoms with E-state index in [1.54, 1.807) is 36.6 Å². The SMILES string of the molecule is CCC(=O)c1cccc(S(=O)(=O)NCCc2ncc(C)s2)c1. The number of hydrogen-bond donors (Lipinski definition) is 1. The lowest BCUT2D eigenvalue weighted by molar-refractivity contribution is 0.0988. The first-order valence-corrected chi connectivity index (χ1v) is 9.26. The van der Waals surface area contributed by atoms with Crippen LogP contribution in [0, 0.1) is 6.92 Å². The molecule has 1 aromatic heterocycles. The molecule has 0 saturated carbocycles. The number of aromatic nitrogens is 1. The van der Waals surface area contributed by atoms with Gasteiger partial charge in [0.2, 0.25) is 10.0 Å². The molecule has 0 aliphatic heterocycles. The van der Waals surface area contributed by atoms with Crippen molar-refractivity contribution in [2.45, 2.75) is 31.6 Å². The summed E-state index contributed by atoms with van der Waals surface area (Å²) < 4.78 is 27.0. The summed E-state index contributed by atoms with van der Waals surface area (Å²) in [6.45, 7) is 3.99. The summed E-state index contributed by atoms with van der Waals surface area (Å²) >= 11 is 1.55. The van der Waals surface area contributed by atoms with E-state index < -0.39 is 10.0 Å². The summed E-state index contributed by atoms with van der Waals surface area (Å²) in [6, 6.07) is 6.12. The van der Waals surface area contributed by atoms with Gasteiger partial charge in [-0.25, -0.2) is 18.1 Å². The van der Waals surface area contributed by atoms with Crippen LogP contribution in [-0.4, -0.2) is 25.7 Å². The molecule has 7 heteroatoms. The third-order valence-electron chi connectivity index (χ3n) is 3.09. The molecule has 1 heterocycles. The standard InChI is InChI=1S/C15H18N2O3S2/c1-3-14(18)12-5-4-6-13(9-12)22(19,20)17-8-7-15-16-10-11(2)21-15/h4-6,9-10,17H,3,7-8H2,1-2H3. The zero-order chi connectivity index (χ0) is 16.2. The Labute approximate surface area is 134 Å². The summed E-state index contributed by atoms with van der Waals surface area (Å²) in [5.74, 6) is -0.0738. The molecular weight excluding hydrogens is 320 g/mol. The Morgan fingerprint density at radius 3 is 2.77 bits per heavy atom. The van der Waals surface area contributed by atoms with Crippen LogP contribution in [0.2, 0.25) is 0 Å². The second-order valence-corrected chi connectivity index (χ2v) is 7.90. The number of sulfonamides is 1. The zero-order valence-electron chi connectivity index (χ0n) is 12.5. The molecule has 22 heavy (non-hydrogen) atoms. The number of benzene rings is 1. The van der Waals surface area contributed by atoms with Crippen molar-refractivity contribution in [2.24, 2.45) is 0 Å². The van der Waals surface area contributed by atoms with Crippen LogP contribution in [-0.2, 0) is 16.4 Å². The number of carbonyl (C=O) groups excluding carboxylic acids is 1.